The Bertz CT molecular complexity index is 6650. The number of piperazine rings is 3. The van der Waals surface area contributed by atoms with E-state index in [2.05, 4.69) is 49.6 Å². The van der Waals surface area contributed by atoms with Crippen LogP contribution in [0.5, 0.6) is 17.2 Å². The highest BCUT2D eigenvalue weighted by molar-refractivity contribution is 6.45. The van der Waals surface area contributed by atoms with Crippen molar-refractivity contribution in [2.24, 2.45) is 0 Å². The van der Waals surface area contributed by atoms with Gasteiger partial charge in [-0.25, -0.2) is 50.1 Å². The lowest BCUT2D eigenvalue weighted by Gasteiger charge is -2.36. The number of anilines is 3. The van der Waals surface area contributed by atoms with Gasteiger partial charge in [-0.15, -0.1) is 0 Å². The van der Waals surface area contributed by atoms with Gasteiger partial charge in [-0.3, -0.25) is 57.4 Å². The molecule has 696 valence electrons. The molecule has 0 atom stereocenters. The number of carbonyl (C=O) groups excluding carboxylic acids is 3. The molecular weight excluding hydrogens is 1910 g/mol. The molecule has 3 N–H and O–H groups in total. The number of nitrogens with zero attached hydrogens (tertiary/aromatic N) is 18. The number of pyridine rings is 9. The number of hydrogen-bond donors (Lipinski definition) is 3. The lowest BCUT2D eigenvalue weighted by atomic mass is 10.0. The number of aromatic hydroxyl groups is 3. The van der Waals surface area contributed by atoms with Crippen molar-refractivity contribution < 1.29 is 64.8 Å². The van der Waals surface area contributed by atoms with Crippen LogP contribution in [0, 0.1) is 101 Å². The minimum atomic E-state index is -1.75. The second-order valence-electron chi connectivity index (χ2n) is 32.0. The molecule has 15 rings (SSSR count). The maximum Gasteiger partial charge on any atom is 0.276 e. The van der Waals surface area contributed by atoms with Gasteiger partial charge in [-0.2, -0.15) is 15.8 Å². The molecule has 0 aliphatic carbocycles. The Labute approximate surface area is 798 Å². The van der Waals surface area contributed by atoms with Gasteiger partial charge in [0.15, 0.2) is 63.8 Å². The van der Waals surface area contributed by atoms with E-state index in [1.165, 1.54) is 41.0 Å². The number of phenolic OH excluding ortho intramolecular Hbond substituents is 3. The van der Waals surface area contributed by atoms with Crippen LogP contribution in [0.15, 0.2) is 107 Å². The van der Waals surface area contributed by atoms with Crippen LogP contribution in [-0.4, -0.2) is 170 Å². The topological polar surface area (TPSA) is 346 Å². The number of benzene rings is 3. The van der Waals surface area contributed by atoms with Gasteiger partial charge in [-0.05, 0) is 110 Å². The molecule has 0 unspecified atom stereocenters. The van der Waals surface area contributed by atoms with E-state index in [4.69, 9.17) is 81.2 Å². The van der Waals surface area contributed by atoms with Crippen molar-refractivity contribution in [2.75, 3.05) is 93.2 Å². The summed E-state index contributed by atoms with van der Waals surface area (Å²) in [6, 6.07) is 15.0. The Balaban J connectivity index is 0.000000171. The van der Waals surface area contributed by atoms with Gasteiger partial charge >= 0.3 is 0 Å². The zero-order valence-electron chi connectivity index (χ0n) is 72.8. The third-order valence-electron chi connectivity index (χ3n) is 23.0. The van der Waals surface area contributed by atoms with Crippen molar-refractivity contribution in [3.8, 4) is 86.3 Å². The van der Waals surface area contributed by atoms with E-state index >= 15 is 22.0 Å². The standard InChI is InChI=1S/C31H25Cl3F2N6O3.2C31H25Cl2F3N6O3/c1-5-19(43)40-8-10-41(11-9-40)28-16-12-18(32)26(20-21(33)22(34)24(36)29(44)23(20)35)39-30(16)42(31(45)17(28)13-37)27-15(4)6-7-38-25(27)14(2)3;2*1-5-19(43)40-8-10-41(11-9-40)28-16-12-18(32)26(20-22(34)24(36)21(33)29(44)23(20)35)39-30(16)42(31(45)17(28)13-37)27-15(4)6-7-38-25(27)14(2)3/h3*5-7,12,14,44H,1,8-11H2,2-4H3. The van der Waals surface area contributed by atoms with Crippen LogP contribution in [0.3, 0.4) is 0 Å². The normalized spacial score (nSPS) is 13.4. The van der Waals surface area contributed by atoms with Gasteiger partial charge in [-0.1, -0.05) is 142 Å². The average molecular weight is 1990 g/mol. The van der Waals surface area contributed by atoms with Crippen LogP contribution in [0.25, 0.3) is 83.9 Å². The summed E-state index contributed by atoms with van der Waals surface area (Å²) in [4.78, 5) is 116. The molecule has 12 heterocycles. The molecule has 0 radical (unpaired) electrons. The molecule has 3 amide bonds. The zero-order valence-corrected chi connectivity index (χ0v) is 78.1. The molecule has 3 aliphatic heterocycles. The van der Waals surface area contributed by atoms with E-state index in [0.717, 1.165) is 9.13 Å². The van der Waals surface area contributed by atoms with Gasteiger partial charge in [0, 0.05) is 113 Å². The molecule has 3 fully saturated rings. The molecule has 0 bridgehead atoms. The third kappa shape index (κ3) is 17.6. The van der Waals surface area contributed by atoms with Crippen molar-refractivity contribution >= 4 is 149 Å². The Kier molecular flexibility index (Phi) is 29.1. The smallest absolute Gasteiger partial charge is 0.276 e. The monoisotopic (exact) mass is 1980 g/mol. The predicted molar refractivity (Wildman–Crippen MR) is 499 cm³/mol. The Morgan fingerprint density at radius 3 is 0.889 bits per heavy atom. The molecule has 9 aromatic heterocycles. The fourth-order valence-corrected chi connectivity index (χ4v) is 17.9. The van der Waals surface area contributed by atoms with E-state index in [1.54, 1.807) is 87.0 Å². The summed E-state index contributed by atoms with van der Waals surface area (Å²) in [6.07, 6.45) is 8.31. The number of halogens is 15. The van der Waals surface area contributed by atoms with Crippen molar-refractivity contribution in [3.05, 3.63) is 256 Å². The molecular formula is C93H75Cl7F8N18O9. The van der Waals surface area contributed by atoms with E-state index < -0.39 is 129 Å². The van der Waals surface area contributed by atoms with Crippen molar-refractivity contribution in [1.29, 1.82) is 15.8 Å². The molecule has 0 saturated carbocycles. The molecule has 135 heavy (non-hydrogen) atoms. The van der Waals surface area contributed by atoms with Gasteiger partial charge in [0.2, 0.25) is 17.7 Å². The summed E-state index contributed by atoms with van der Waals surface area (Å²) in [5, 5.41) is 57.4. The second-order valence-corrected chi connectivity index (χ2v) is 34.8. The largest absolute Gasteiger partial charge is 0.504 e. The highest BCUT2D eigenvalue weighted by Crippen LogP contribution is 2.50. The second kappa shape index (κ2) is 39.6. The fourth-order valence-electron chi connectivity index (χ4n) is 16.4. The average Bonchev–Trinajstić information content (AvgIpc) is 0.728. The molecule has 3 aliphatic rings. The van der Waals surface area contributed by atoms with Gasteiger partial charge in [0.05, 0.1) is 110 Å². The van der Waals surface area contributed by atoms with Crippen LogP contribution in [-0.2, 0) is 14.4 Å². The first kappa shape index (κ1) is 99.0. The highest BCUT2D eigenvalue weighted by Gasteiger charge is 2.39. The first-order chi connectivity index (χ1) is 64.0. The summed E-state index contributed by atoms with van der Waals surface area (Å²) in [6.45, 7) is 29.9. The fraction of sp³-hybridized carbons (Fsp3) is 0.258. The van der Waals surface area contributed by atoms with Gasteiger partial charge < -0.3 is 44.7 Å². The summed E-state index contributed by atoms with van der Waals surface area (Å²) in [5.74, 6) is -18.6. The predicted octanol–water partition coefficient (Wildman–Crippen LogP) is 18.6. The number of carbonyl (C=O) groups is 3. The Morgan fingerprint density at radius 1 is 0.378 bits per heavy atom. The first-order valence-corrected chi connectivity index (χ1v) is 43.8. The zero-order chi connectivity index (χ0) is 98.7. The minimum Gasteiger partial charge on any atom is -0.504 e. The maximum atomic E-state index is 15.4. The van der Waals surface area contributed by atoms with Crippen LogP contribution in [0.4, 0.5) is 52.2 Å². The van der Waals surface area contributed by atoms with E-state index in [-0.39, 0.29) is 202 Å². The van der Waals surface area contributed by atoms with Crippen molar-refractivity contribution in [3.63, 3.8) is 0 Å². The highest BCUT2D eigenvalue weighted by atomic mass is 35.5. The number of phenols is 3. The van der Waals surface area contributed by atoms with E-state index in [1.807, 2.05) is 59.8 Å². The van der Waals surface area contributed by atoms with Crippen molar-refractivity contribution in [2.45, 2.75) is 80.1 Å². The van der Waals surface area contributed by atoms with E-state index in [0.29, 0.717) is 50.8 Å². The van der Waals surface area contributed by atoms with Crippen LogP contribution >= 0.6 is 81.2 Å². The minimum absolute atomic E-state index is 0.0357. The molecule has 0 spiro atoms. The number of hydrogen-bond acceptors (Lipinski definition) is 21. The molecule has 12 aromatic rings. The molecule has 42 heteroatoms. The van der Waals surface area contributed by atoms with Crippen LogP contribution < -0.4 is 31.4 Å². The van der Waals surface area contributed by atoms with E-state index in [9.17, 15) is 73.0 Å². The molecule has 27 nitrogen and oxygen atoms in total. The Hall–Kier alpha value is -13.4. The SMILES string of the molecule is C=CC(=O)N1CCN(c2c(C#N)c(=O)n(-c3c(C)ccnc3C(C)C)c3nc(-c4c(F)c(O)c(Cl)c(F)c4F)c(Cl)cc23)CC1.C=CC(=O)N1CCN(c2c(C#N)c(=O)n(-c3c(C)ccnc3C(C)C)c3nc(-c4c(F)c(O)c(Cl)c(F)c4F)c(Cl)cc23)CC1.C=CC(=O)N1CCN(c2c(C#N)c(=O)n(-c3c(C)ccnc3C(C)C)c3nc(-c4c(F)c(O)c(F)c(Cl)c4Cl)c(Cl)cc23)CC1. The number of rotatable bonds is 15. The summed E-state index contributed by atoms with van der Waals surface area (Å²) in [7, 11) is 0. The molecule has 3 aromatic carbocycles. The summed E-state index contributed by atoms with van der Waals surface area (Å²) >= 11 is 43.2. The van der Waals surface area contributed by atoms with Crippen LogP contribution in [0.2, 0.25) is 35.2 Å². The number of aromatic nitrogens is 9. The summed E-state index contributed by atoms with van der Waals surface area (Å²) in [5.41, 5.74) is -3.05. The lowest BCUT2D eigenvalue weighted by Crippen LogP contribution is -2.49. The van der Waals surface area contributed by atoms with Crippen molar-refractivity contribution in [1.82, 2.24) is 58.3 Å². The third-order valence-corrected chi connectivity index (χ3v) is 25.4. The molecule has 3 saturated heterocycles. The van der Waals surface area contributed by atoms with Crippen LogP contribution in [0.1, 0.15) is 110 Å². The number of amides is 3. The van der Waals surface area contributed by atoms with Gasteiger partial charge in [0.1, 0.15) is 61.9 Å². The quantitative estimate of drug-likeness (QED) is 0.0371. The maximum absolute atomic E-state index is 15.4. The number of fused-ring (bicyclic) bond motifs is 3. The number of aryl methyl sites for hydroxylation is 3. The Morgan fingerprint density at radius 2 is 0.637 bits per heavy atom. The summed E-state index contributed by atoms with van der Waals surface area (Å²) < 4.78 is 124. The first-order valence-electron chi connectivity index (χ1n) is 41.1. The number of nitriles is 3. The van der Waals surface area contributed by atoms with Gasteiger partial charge in [0.25, 0.3) is 16.7 Å². The lowest BCUT2D eigenvalue weighted by molar-refractivity contribution is -0.127.